The molecule has 2 heteroatoms. The molecule has 0 radical (unpaired) electrons. The molecule has 21 heavy (non-hydrogen) atoms. The van der Waals surface area contributed by atoms with Crippen LogP contribution in [0.2, 0.25) is 0 Å². The molecular weight excluding hydrogens is 258 g/mol. The van der Waals surface area contributed by atoms with Gasteiger partial charge in [-0.2, -0.15) is 5.26 Å². The van der Waals surface area contributed by atoms with Gasteiger partial charge < -0.3 is 4.74 Å². The highest BCUT2D eigenvalue weighted by Crippen LogP contribution is 2.20. The second kappa shape index (κ2) is 7.31. The standard InChI is InChI=1S/C19H19NO/c1-3-12-21-19-10-6-16(7-11-19)13-18(14-20)17-8-4-15(2)5-9-17/h4-11,13H,3,12H2,1-2H3/b18-13+. The topological polar surface area (TPSA) is 33.0 Å². The summed E-state index contributed by atoms with van der Waals surface area (Å²) in [6.07, 6.45) is 2.89. The molecule has 0 aliphatic rings. The molecule has 0 aliphatic heterocycles. The molecule has 0 amide bonds. The van der Waals surface area contributed by atoms with Crippen molar-refractivity contribution in [1.82, 2.24) is 0 Å². The summed E-state index contributed by atoms with van der Waals surface area (Å²) in [6, 6.07) is 18.1. The SMILES string of the molecule is CCCOc1ccc(/C=C(\C#N)c2ccc(C)cc2)cc1. The van der Waals surface area contributed by atoms with E-state index in [9.17, 15) is 5.26 Å². The van der Waals surface area contributed by atoms with E-state index in [1.807, 2.05) is 61.5 Å². The van der Waals surface area contributed by atoms with Gasteiger partial charge in [-0.15, -0.1) is 0 Å². The van der Waals surface area contributed by atoms with Crippen LogP contribution in [0.5, 0.6) is 5.75 Å². The van der Waals surface area contributed by atoms with Crippen LogP contribution in [0.15, 0.2) is 48.5 Å². The van der Waals surface area contributed by atoms with Crippen molar-refractivity contribution in [1.29, 1.82) is 5.26 Å². The molecule has 0 spiro atoms. The van der Waals surface area contributed by atoms with Crippen LogP contribution in [0.3, 0.4) is 0 Å². The van der Waals surface area contributed by atoms with E-state index in [4.69, 9.17) is 4.74 Å². The maximum atomic E-state index is 9.34. The Hall–Kier alpha value is -2.53. The molecule has 0 saturated heterocycles. The van der Waals surface area contributed by atoms with E-state index in [-0.39, 0.29) is 0 Å². The van der Waals surface area contributed by atoms with E-state index in [2.05, 4.69) is 13.0 Å². The number of rotatable bonds is 5. The van der Waals surface area contributed by atoms with Crippen LogP contribution in [-0.4, -0.2) is 6.61 Å². The van der Waals surface area contributed by atoms with Crippen molar-refractivity contribution in [3.63, 3.8) is 0 Å². The Balaban J connectivity index is 2.20. The van der Waals surface area contributed by atoms with E-state index in [0.29, 0.717) is 5.57 Å². The van der Waals surface area contributed by atoms with Crippen molar-refractivity contribution >= 4 is 11.6 Å². The van der Waals surface area contributed by atoms with Gasteiger partial charge in [0, 0.05) is 0 Å². The average molecular weight is 277 g/mol. The van der Waals surface area contributed by atoms with Crippen molar-refractivity contribution < 1.29 is 4.74 Å². The summed E-state index contributed by atoms with van der Waals surface area (Å²) in [4.78, 5) is 0. The minimum atomic E-state index is 0.664. The Morgan fingerprint density at radius 1 is 1.10 bits per heavy atom. The first kappa shape index (κ1) is 14.9. The lowest BCUT2D eigenvalue weighted by Gasteiger charge is -2.05. The van der Waals surface area contributed by atoms with E-state index < -0.39 is 0 Å². The van der Waals surface area contributed by atoms with Crippen LogP contribution in [0.4, 0.5) is 0 Å². The second-order valence-electron chi connectivity index (χ2n) is 4.95. The lowest BCUT2D eigenvalue weighted by Crippen LogP contribution is -1.94. The maximum Gasteiger partial charge on any atom is 0.119 e. The summed E-state index contributed by atoms with van der Waals surface area (Å²) in [5.74, 6) is 0.864. The quantitative estimate of drug-likeness (QED) is 0.578. The summed E-state index contributed by atoms with van der Waals surface area (Å²) in [7, 11) is 0. The number of nitriles is 1. The van der Waals surface area contributed by atoms with Gasteiger partial charge in [0.25, 0.3) is 0 Å². The zero-order chi connectivity index (χ0) is 15.1. The number of allylic oxidation sites excluding steroid dienone is 1. The second-order valence-corrected chi connectivity index (χ2v) is 4.95. The molecule has 0 unspecified atom stereocenters. The fourth-order valence-electron chi connectivity index (χ4n) is 1.96. The smallest absolute Gasteiger partial charge is 0.119 e. The Kier molecular flexibility index (Phi) is 5.17. The number of ether oxygens (including phenoxy) is 1. The van der Waals surface area contributed by atoms with Gasteiger partial charge in [-0.25, -0.2) is 0 Å². The molecule has 0 N–H and O–H groups in total. The Bertz CT molecular complexity index is 645. The number of aryl methyl sites for hydroxylation is 1. The fourth-order valence-corrected chi connectivity index (χ4v) is 1.96. The van der Waals surface area contributed by atoms with Crippen LogP contribution in [0.25, 0.3) is 11.6 Å². The molecule has 0 atom stereocenters. The molecule has 0 fully saturated rings. The van der Waals surface area contributed by atoms with Crippen molar-refractivity contribution in [3.05, 3.63) is 65.2 Å². The van der Waals surface area contributed by atoms with Gasteiger partial charge in [-0.3, -0.25) is 0 Å². The maximum absolute atomic E-state index is 9.34. The summed E-state index contributed by atoms with van der Waals surface area (Å²) in [5.41, 5.74) is 3.79. The highest BCUT2D eigenvalue weighted by Gasteiger charge is 2.01. The number of hydrogen-bond donors (Lipinski definition) is 0. The highest BCUT2D eigenvalue weighted by molar-refractivity contribution is 5.89. The van der Waals surface area contributed by atoms with Gasteiger partial charge in [0.15, 0.2) is 0 Å². The van der Waals surface area contributed by atoms with Gasteiger partial charge in [0.1, 0.15) is 5.75 Å². The zero-order valence-corrected chi connectivity index (χ0v) is 12.5. The third-order valence-electron chi connectivity index (χ3n) is 3.15. The molecule has 0 aliphatic carbocycles. The number of hydrogen-bond acceptors (Lipinski definition) is 2. The summed E-state index contributed by atoms with van der Waals surface area (Å²) >= 11 is 0. The van der Waals surface area contributed by atoms with Crippen LogP contribution in [0.1, 0.15) is 30.0 Å². The average Bonchev–Trinajstić information content (AvgIpc) is 2.53. The third-order valence-corrected chi connectivity index (χ3v) is 3.15. The van der Waals surface area contributed by atoms with Crippen molar-refractivity contribution in [2.75, 3.05) is 6.61 Å². The van der Waals surface area contributed by atoms with E-state index in [1.54, 1.807) is 0 Å². The minimum Gasteiger partial charge on any atom is -0.494 e. The van der Waals surface area contributed by atoms with Crippen molar-refractivity contribution in [2.45, 2.75) is 20.3 Å². The fraction of sp³-hybridized carbons (Fsp3) is 0.211. The van der Waals surface area contributed by atoms with E-state index in [1.165, 1.54) is 5.56 Å². The molecule has 2 aromatic carbocycles. The summed E-state index contributed by atoms with van der Waals surface area (Å²) in [5, 5.41) is 9.34. The van der Waals surface area contributed by atoms with Crippen LogP contribution in [0, 0.1) is 18.3 Å². The predicted molar refractivity (Wildman–Crippen MR) is 86.9 cm³/mol. The lowest BCUT2D eigenvalue weighted by atomic mass is 10.0. The highest BCUT2D eigenvalue weighted by atomic mass is 16.5. The first-order valence-electron chi connectivity index (χ1n) is 7.14. The Labute approximate surface area is 126 Å². The van der Waals surface area contributed by atoms with E-state index in [0.717, 1.165) is 29.9 Å². The summed E-state index contributed by atoms with van der Waals surface area (Å²) < 4.78 is 5.55. The zero-order valence-electron chi connectivity index (χ0n) is 12.5. The van der Waals surface area contributed by atoms with E-state index >= 15 is 0 Å². The van der Waals surface area contributed by atoms with Gasteiger partial charge in [0.05, 0.1) is 18.2 Å². The first-order valence-corrected chi connectivity index (χ1v) is 7.14. The molecule has 0 bridgehead atoms. The largest absolute Gasteiger partial charge is 0.494 e. The van der Waals surface area contributed by atoms with Crippen LogP contribution in [-0.2, 0) is 0 Å². The number of nitrogens with zero attached hydrogens (tertiary/aromatic N) is 1. The minimum absolute atomic E-state index is 0.664. The molecular formula is C19H19NO. The summed E-state index contributed by atoms with van der Waals surface area (Å²) in [6.45, 7) is 4.84. The van der Waals surface area contributed by atoms with Gasteiger partial charge in [-0.1, -0.05) is 48.9 Å². The molecule has 2 nitrogen and oxygen atoms in total. The molecule has 0 heterocycles. The molecule has 106 valence electrons. The first-order chi connectivity index (χ1) is 10.2. The molecule has 0 aromatic heterocycles. The van der Waals surface area contributed by atoms with Gasteiger partial charge in [-0.05, 0) is 42.7 Å². The number of benzene rings is 2. The Morgan fingerprint density at radius 3 is 2.33 bits per heavy atom. The normalized spacial score (nSPS) is 11.0. The van der Waals surface area contributed by atoms with Gasteiger partial charge >= 0.3 is 0 Å². The molecule has 0 saturated carbocycles. The monoisotopic (exact) mass is 277 g/mol. The van der Waals surface area contributed by atoms with Crippen LogP contribution >= 0.6 is 0 Å². The predicted octanol–water partition coefficient (Wildman–Crippen LogP) is 4.85. The van der Waals surface area contributed by atoms with Crippen molar-refractivity contribution in [2.24, 2.45) is 0 Å². The van der Waals surface area contributed by atoms with Crippen molar-refractivity contribution in [3.8, 4) is 11.8 Å². The lowest BCUT2D eigenvalue weighted by molar-refractivity contribution is 0.317. The van der Waals surface area contributed by atoms with Gasteiger partial charge in [0.2, 0.25) is 0 Å². The molecule has 2 aromatic rings. The van der Waals surface area contributed by atoms with Crippen LogP contribution < -0.4 is 4.74 Å². The molecule has 2 rings (SSSR count). The Morgan fingerprint density at radius 2 is 1.76 bits per heavy atom. The third kappa shape index (κ3) is 4.22.